The lowest BCUT2D eigenvalue weighted by molar-refractivity contribution is -0.156. The van der Waals surface area contributed by atoms with E-state index in [9.17, 15) is 9.59 Å². The van der Waals surface area contributed by atoms with Gasteiger partial charge in [0.15, 0.2) is 0 Å². The zero-order valence-corrected chi connectivity index (χ0v) is 8.95. The number of esters is 2. The fourth-order valence-corrected chi connectivity index (χ4v) is 3.58. The van der Waals surface area contributed by atoms with Gasteiger partial charge in [0.05, 0.1) is 10.8 Å². The average molecular weight is 206 g/mol. The van der Waals surface area contributed by atoms with E-state index in [1.165, 1.54) is 0 Å². The molecule has 0 amide bonds. The van der Waals surface area contributed by atoms with Crippen LogP contribution in [0.3, 0.4) is 0 Å². The number of carbonyl (C=O) groups excluding carboxylic acids is 2. The van der Waals surface area contributed by atoms with E-state index >= 15 is 0 Å². The average Bonchev–Trinajstić information content (AvgIpc) is 2.42. The van der Waals surface area contributed by atoms with Crippen molar-refractivity contribution in [2.75, 3.05) is 0 Å². The van der Waals surface area contributed by atoms with E-state index in [-0.39, 0.29) is 23.8 Å². The predicted octanol–water partition coefficient (Wildman–Crippen LogP) is 1.68. The van der Waals surface area contributed by atoms with Gasteiger partial charge in [-0.1, -0.05) is 12.2 Å². The molecule has 4 atom stereocenters. The minimum absolute atomic E-state index is 0.173. The number of fused-ring (bicyclic) bond motifs is 1. The SMILES string of the molecule is C[C@@]12C(=O)OC(=O)[C@@]1(C)[C@H]1C=C[C@@H]2CC1. The summed E-state index contributed by atoms with van der Waals surface area (Å²) in [7, 11) is 0. The lowest BCUT2D eigenvalue weighted by Gasteiger charge is -2.51. The fourth-order valence-electron chi connectivity index (χ4n) is 3.58. The van der Waals surface area contributed by atoms with E-state index in [4.69, 9.17) is 4.74 Å². The van der Waals surface area contributed by atoms with E-state index in [1.807, 2.05) is 13.8 Å². The highest BCUT2D eigenvalue weighted by atomic mass is 16.6. The number of cyclic esters (lactones) is 2. The van der Waals surface area contributed by atoms with Gasteiger partial charge in [0.25, 0.3) is 0 Å². The first-order valence-electron chi connectivity index (χ1n) is 5.46. The van der Waals surface area contributed by atoms with Gasteiger partial charge in [-0.2, -0.15) is 0 Å². The second-order valence-electron chi connectivity index (χ2n) is 5.26. The van der Waals surface area contributed by atoms with E-state index < -0.39 is 10.8 Å². The standard InChI is InChI=1S/C12H14O3/c1-11-7-3-5-8(6-4-7)12(11,2)10(14)15-9(11)13/h3,5,7-8H,4,6H2,1-2H3/t7-,8+,11-,12-/m1/s1. The zero-order valence-electron chi connectivity index (χ0n) is 8.95. The third-order valence-electron chi connectivity index (χ3n) is 4.96. The van der Waals surface area contributed by atoms with Crippen LogP contribution < -0.4 is 0 Å². The van der Waals surface area contributed by atoms with Crippen LogP contribution in [0, 0.1) is 22.7 Å². The van der Waals surface area contributed by atoms with Crippen LogP contribution in [0.5, 0.6) is 0 Å². The van der Waals surface area contributed by atoms with Gasteiger partial charge in [-0.3, -0.25) is 9.59 Å². The highest BCUT2D eigenvalue weighted by Crippen LogP contribution is 2.64. The van der Waals surface area contributed by atoms with Crippen LogP contribution in [0.25, 0.3) is 0 Å². The zero-order chi connectivity index (χ0) is 10.8. The number of ether oxygens (including phenoxy) is 1. The van der Waals surface area contributed by atoms with Crippen molar-refractivity contribution in [3.63, 3.8) is 0 Å². The van der Waals surface area contributed by atoms with Gasteiger partial charge in [-0.05, 0) is 38.5 Å². The van der Waals surface area contributed by atoms with E-state index in [2.05, 4.69) is 12.2 Å². The Morgan fingerprint density at radius 2 is 1.47 bits per heavy atom. The van der Waals surface area contributed by atoms with Gasteiger partial charge in [0.1, 0.15) is 0 Å². The van der Waals surface area contributed by atoms with Crippen molar-refractivity contribution in [1.29, 1.82) is 0 Å². The molecule has 0 aromatic carbocycles. The van der Waals surface area contributed by atoms with E-state index in [0.717, 1.165) is 12.8 Å². The monoisotopic (exact) mass is 206 g/mol. The van der Waals surface area contributed by atoms with Crippen LogP contribution in [-0.4, -0.2) is 11.9 Å². The molecule has 15 heavy (non-hydrogen) atoms. The Bertz CT molecular complexity index is 362. The van der Waals surface area contributed by atoms with Crippen molar-refractivity contribution in [3.8, 4) is 0 Å². The van der Waals surface area contributed by atoms with Gasteiger partial charge < -0.3 is 4.74 Å². The van der Waals surface area contributed by atoms with E-state index in [0.29, 0.717) is 0 Å². The normalized spacial score (nSPS) is 51.9. The third kappa shape index (κ3) is 0.724. The molecular weight excluding hydrogens is 192 g/mol. The molecule has 1 saturated carbocycles. The van der Waals surface area contributed by atoms with Gasteiger partial charge in [0.2, 0.25) is 0 Å². The van der Waals surface area contributed by atoms with Crippen molar-refractivity contribution < 1.29 is 14.3 Å². The molecule has 0 unspecified atom stereocenters. The summed E-state index contributed by atoms with van der Waals surface area (Å²) in [6.07, 6.45) is 6.18. The van der Waals surface area contributed by atoms with Gasteiger partial charge >= 0.3 is 11.9 Å². The van der Waals surface area contributed by atoms with Gasteiger partial charge in [-0.25, -0.2) is 0 Å². The molecular formula is C12H14O3. The Kier molecular flexibility index (Phi) is 1.42. The van der Waals surface area contributed by atoms with Crippen LogP contribution >= 0.6 is 0 Å². The number of carbonyl (C=O) groups is 2. The minimum Gasteiger partial charge on any atom is -0.392 e. The van der Waals surface area contributed by atoms with Crippen molar-refractivity contribution >= 4 is 11.9 Å². The topological polar surface area (TPSA) is 43.4 Å². The Hall–Kier alpha value is -1.12. The van der Waals surface area contributed by atoms with Crippen molar-refractivity contribution in [1.82, 2.24) is 0 Å². The third-order valence-corrected chi connectivity index (χ3v) is 4.96. The second-order valence-corrected chi connectivity index (χ2v) is 5.26. The number of hydrogen-bond acceptors (Lipinski definition) is 3. The Labute approximate surface area is 88.5 Å². The Balaban J connectivity index is 2.25. The van der Waals surface area contributed by atoms with Gasteiger partial charge in [-0.15, -0.1) is 0 Å². The molecule has 4 aliphatic rings. The van der Waals surface area contributed by atoms with E-state index in [1.54, 1.807) is 0 Å². The van der Waals surface area contributed by atoms with Crippen molar-refractivity contribution in [2.24, 2.45) is 22.7 Å². The molecule has 1 saturated heterocycles. The smallest absolute Gasteiger partial charge is 0.321 e. The number of hydrogen-bond donors (Lipinski definition) is 0. The number of rotatable bonds is 0. The first-order valence-corrected chi connectivity index (χ1v) is 5.46. The molecule has 2 fully saturated rings. The first-order chi connectivity index (χ1) is 7.01. The quantitative estimate of drug-likeness (QED) is 0.344. The summed E-state index contributed by atoms with van der Waals surface area (Å²) < 4.78 is 4.88. The lowest BCUT2D eigenvalue weighted by atomic mass is 9.47. The summed E-state index contributed by atoms with van der Waals surface area (Å²) in [4.78, 5) is 23.7. The van der Waals surface area contributed by atoms with Crippen LogP contribution in [0.2, 0.25) is 0 Å². The molecule has 0 spiro atoms. The largest absolute Gasteiger partial charge is 0.392 e. The van der Waals surface area contributed by atoms with Crippen LogP contribution in [0.15, 0.2) is 12.2 Å². The molecule has 0 aromatic rings. The first kappa shape index (κ1) is 9.13. The summed E-state index contributed by atoms with van der Waals surface area (Å²) in [6, 6.07) is 0. The maximum Gasteiger partial charge on any atom is 0.321 e. The Morgan fingerprint density at radius 1 is 1.07 bits per heavy atom. The van der Waals surface area contributed by atoms with Crippen LogP contribution in [-0.2, 0) is 14.3 Å². The van der Waals surface area contributed by atoms with Crippen LogP contribution in [0.1, 0.15) is 26.7 Å². The molecule has 1 aliphatic heterocycles. The molecule has 0 aromatic heterocycles. The Morgan fingerprint density at radius 3 is 1.80 bits per heavy atom. The molecule has 3 nitrogen and oxygen atoms in total. The molecule has 4 rings (SSSR count). The number of allylic oxidation sites excluding steroid dienone is 2. The van der Waals surface area contributed by atoms with Crippen molar-refractivity contribution in [2.45, 2.75) is 26.7 Å². The second kappa shape index (κ2) is 2.34. The molecule has 0 N–H and O–H groups in total. The molecule has 80 valence electrons. The molecule has 1 heterocycles. The maximum absolute atomic E-state index is 11.9. The predicted molar refractivity (Wildman–Crippen MR) is 52.7 cm³/mol. The summed E-state index contributed by atoms with van der Waals surface area (Å²) >= 11 is 0. The highest BCUT2D eigenvalue weighted by molar-refractivity contribution is 6.02. The molecule has 0 radical (unpaired) electrons. The van der Waals surface area contributed by atoms with Gasteiger partial charge in [0, 0.05) is 0 Å². The summed E-state index contributed by atoms with van der Waals surface area (Å²) in [5, 5.41) is 0. The summed E-state index contributed by atoms with van der Waals surface area (Å²) in [6.45, 7) is 3.78. The maximum atomic E-state index is 11.9. The fraction of sp³-hybridized carbons (Fsp3) is 0.667. The lowest BCUT2D eigenvalue weighted by Crippen LogP contribution is -2.54. The summed E-state index contributed by atoms with van der Waals surface area (Å²) in [5.74, 6) is -0.305. The van der Waals surface area contributed by atoms with Crippen molar-refractivity contribution in [3.05, 3.63) is 12.2 Å². The highest BCUT2D eigenvalue weighted by Gasteiger charge is 2.71. The summed E-state index contributed by atoms with van der Waals surface area (Å²) in [5.41, 5.74) is -1.25. The molecule has 2 bridgehead atoms. The molecule has 3 aliphatic carbocycles. The van der Waals surface area contributed by atoms with Crippen LogP contribution in [0.4, 0.5) is 0 Å². The minimum atomic E-state index is -0.623. The molecule has 3 heteroatoms.